The Balaban J connectivity index is 1.81. The Bertz CT molecular complexity index is 1230. The fourth-order valence-electron chi connectivity index (χ4n) is 3.43. The Morgan fingerprint density at radius 1 is 1.03 bits per heavy atom. The number of hydrogen-bond acceptors (Lipinski definition) is 5. The molecule has 0 bridgehead atoms. The number of benzene rings is 3. The van der Waals surface area contributed by atoms with E-state index in [4.69, 9.17) is 4.74 Å². The first-order chi connectivity index (χ1) is 15.5. The lowest BCUT2D eigenvalue weighted by Gasteiger charge is -2.19. The van der Waals surface area contributed by atoms with E-state index in [1.165, 1.54) is 17.0 Å². The summed E-state index contributed by atoms with van der Waals surface area (Å²) in [4.78, 5) is 30.4. The fraction of sp³-hybridized carbons (Fsp3) is 0.120. The van der Waals surface area contributed by atoms with E-state index in [0.717, 1.165) is 11.1 Å². The number of hydrogen-bond donors (Lipinski definition) is 0. The van der Waals surface area contributed by atoms with Gasteiger partial charge in [0, 0.05) is 11.6 Å². The molecule has 0 atom stereocenters. The Kier molecular flexibility index (Phi) is 5.81. The molecule has 0 saturated heterocycles. The molecule has 32 heavy (non-hydrogen) atoms. The summed E-state index contributed by atoms with van der Waals surface area (Å²) in [6.07, 6.45) is 1.46. The maximum Gasteiger partial charge on any atom is 0.282 e. The third-order valence-electron chi connectivity index (χ3n) is 5.00. The highest BCUT2D eigenvalue weighted by Gasteiger charge is 2.33. The summed E-state index contributed by atoms with van der Waals surface area (Å²) in [6.45, 7) is 4.43. The molecule has 3 aromatic carbocycles. The largest absolute Gasteiger partial charge is 0.494 e. The van der Waals surface area contributed by atoms with E-state index >= 15 is 0 Å². The predicted octanol–water partition coefficient (Wildman–Crippen LogP) is 5.14. The molecule has 160 valence electrons. The fourth-order valence-corrected chi connectivity index (χ4v) is 3.43. The zero-order chi connectivity index (χ0) is 22.7. The van der Waals surface area contributed by atoms with Gasteiger partial charge in [0.05, 0.1) is 22.8 Å². The minimum Gasteiger partial charge on any atom is -0.494 e. The number of carbonyl (C=O) groups is 1. The number of ether oxygens (including phenoxy) is 1. The SMILES string of the molecule is CCOc1ccc(N2C(=O)/C(=C\c3ccccc3[N+](=O)[O-])N=C2c2ccc(C)cc2)cc1. The summed E-state index contributed by atoms with van der Waals surface area (Å²) in [5.74, 6) is 0.805. The van der Waals surface area contributed by atoms with Crippen LogP contribution in [0.1, 0.15) is 23.6 Å². The molecule has 0 spiro atoms. The molecule has 4 rings (SSSR count). The third-order valence-corrected chi connectivity index (χ3v) is 5.00. The summed E-state index contributed by atoms with van der Waals surface area (Å²) in [6, 6.07) is 21.1. The van der Waals surface area contributed by atoms with Crippen LogP contribution >= 0.6 is 0 Å². The Morgan fingerprint density at radius 3 is 2.38 bits per heavy atom. The molecule has 7 nitrogen and oxygen atoms in total. The van der Waals surface area contributed by atoms with Crippen LogP contribution in [0, 0.1) is 17.0 Å². The van der Waals surface area contributed by atoms with Gasteiger partial charge in [-0.2, -0.15) is 0 Å². The summed E-state index contributed by atoms with van der Waals surface area (Å²) in [5, 5.41) is 11.4. The molecule has 7 heteroatoms. The van der Waals surface area contributed by atoms with E-state index in [9.17, 15) is 14.9 Å². The lowest BCUT2D eigenvalue weighted by Crippen LogP contribution is -2.32. The normalized spacial score (nSPS) is 14.6. The quantitative estimate of drug-likeness (QED) is 0.310. The van der Waals surface area contributed by atoms with Crippen molar-refractivity contribution < 1.29 is 14.5 Å². The van der Waals surface area contributed by atoms with Crippen molar-refractivity contribution in [3.8, 4) is 5.75 Å². The zero-order valence-corrected chi connectivity index (χ0v) is 17.7. The van der Waals surface area contributed by atoms with E-state index in [1.54, 1.807) is 42.5 Å². The van der Waals surface area contributed by atoms with Gasteiger partial charge in [-0.1, -0.05) is 42.0 Å². The summed E-state index contributed by atoms with van der Waals surface area (Å²) in [5.41, 5.74) is 2.85. The molecule has 1 amide bonds. The summed E-state index contributed by atoms with van der Waals surface area (Å²) < 4.78 is 5.50. The number of amidine groups is 1. The van der Waals surface area contributed by atoms with E-state index < -0.39 is 4.92 Å². The molecule has 0 aliphatic carbocycles. The maximum atomic E-state index is 13.4. The molecular weight excluding hydrogens is 406 g/mol. The van der Waals surface area contributed by atoms with Gasteiger partial charge >= 0.3 is 0 Å². The van der Waals surface area contributed by atoms with Crippen molar-refractivity contribution >= 4 is 29.2 Å². The van der Waals surface area contributed by atoms with Gasteiger partial charge in [0.1, 0.15) is 17.3 Å². The molecule has 0 saturated carbocycles. The number of nitro benzene ring substituents is 1. The van der Waals surface area contributed by atoms with Crippen LogP contribution in [0.5, 0.6) is 5.75 Å². The number of rotatable bonds is 6. The van der Waals surface area contributed by atoms with Gasteiger partial charge < -0.3 is 4.74 Å². The van der Waals surface area contributed by atoms with Crippen LogP contribution in [0.2, 0.25) is 0 Å². The highest BCUT2D eigenvalue weighted by Crippen LogP contribution is 2.30. The molecule has 1 aliphatic heterocycles. The van der Waals surface area contributed by atoms with Crippen LogP contribution in [-0.4, -0.2) is 23.3 Å². The van der Waals surface area contributed by atoms with E-state index in [1.807, 2.05) is 38.1 Å². The third kappa shape index (κ3) is 4.13. The molecule has 0 fully saturated rings. The first kappa shape index (κ1) is 21.0. The second-order valence-corrected chi connectivity index (χ2v) is 7.21. The van der Waals surface area contributed by atoms with Gasteiger partial charge in [0.15, 0.2) is 0 Å². The van der Waals surface area contributed by atoms with Crippen LogP contribution in [0.4, 0.5) is 11.4 Å². The van der Waals surface area contributed by atoms with Gasteiger partial charge in [-0.05, 0) is 50.3 Å². The van der Waals surface area contributed by atoms with Gasteiger partial charge in [0.2, 0.25) is 0 Å². The molecule has 3 aromatic rings. The second kappa shape index (κ2) is 8.85. The number of nitrogens with zero attached hydrogens (tertiary/aromatic N) is 3. The first-order valence-corrected chi connectivity index (χ1v) is 10.2. The summed E-state index contributed by atoms with van der Waals surface area (Å²) in [7, 11) is 0. The number of anilines is 1. The maximum absolute atomic E-state index is 13.4. The number of nitro groups is 1. The van der Waals surface area contributed by atoms with Crippen molar-refractivity contribution in [1.29, 1.82) is 0 Å². The van der Waals surface area contributed by atoms with Gasteiger partial charge in [0.25, 0.3) is 11.6 Å². The van der Waals surface area contributed by atoms with Crippen molar-refractivity contribution in [1.82, 2.24) is 0 Å². The Hall–Kier alpha value is -4.26. The van der Waals surface area contributed by atoms with Crippen molar-refractivity contribution in [3.05, 3.63) is 105 Å². The molecule has 0 aromatic heterocycles. The lowest BCUT2D eigenvalue weighted by atomic mass is 10.1. The molecule has 1 heterocycles. The Morgan fingerprint density at radius 2 is 1.72 bits per heavy atom. The molecular formula is C25H21N3O4. The average Bonchev–Trinajstić information content (AvgIpc) is 3.11. The van der Waals surface area contributed by atoms with E-state index in [2.05, 4.69) is 4.99 Å². The van der Waals surface area contributed by atoms with E-state index in [0.29, 0.717) is 29.4 Å². The smallest absolute Gasteiger partial charge is 0.282 e. The van der Waals surface area contributed by atoms with Crippen LogP contribution in [0.25, 0.3) is 6.08 Å². The van der Waals surface area contributed by atoms with Gasteiger partial charge in [-0.25, -0.2) is 4.99 Å². The molecule has 1 aliphatic rings. The van der Waals surface area contributed by atoms with Crippen molar-refractivity contribution in [2.45, 2.75) is 13.8 Å². The first-order valence-electron chi connectivity index (χ1n) is 10.2. The van der Waals surface area contributed by atoms with Crippen LogP contribution in [-0.2, 0) is 4.79 Å². The highest BCUT2D eigenvalue weighted by molar-refractivity contribution is 6.33. The van der Waals surface area contributed by atoms with Crippen LogP contribution in [0.15, 0.2) is 83.5 Å². The predicted molar refractivity (Wildman–Crippen MR) is 124 cm³/mol. The highest BCUT2D eigenvalue weighted by atomic mass is 16.6. The van der Waals surface area contributed by atoms with Crippen molar-refractivity contribution in [2.75, 3.05) is 11.5 Å². The Labute approximate surface area is 185 Å². The van der Waals surface area contributed by atoms with Crippen LogP contribution in [0.3, 0.4) is 0 Å². The minimum absolute atomic E-state index is 0.0839. The number of carbonyl (C=O) groups excluding carboxylic acids is 1. The number of aryl methyl sites for hydroxylation is 1. The molecule has 0 N–H and O–H groups in total. The van der Waals surface area contributed by atoms with Crippen molar-refractivity contribution in [3.63, 3.8) is 0 Å². The van der Waals surface area contributed by atoms with Crippen LogP contribution < -0.4 is 9.64 Å². The van der Waals surface area contributed by atoms with Gasteiger partial charge in [-0.15, -0.1) is 0 Å². The van der Waals surface area contributed by atoms with Gasteiger partial charge in [-0.3, -0.25) is 19.8 Å². The minimum atomic E-state index is -0.472. The number of amides is 1. The second-order valence-electron chi connectivity index (χ2n) is 7.21. The average molecular weight is 427 g/mol. The topological polar surface area (TPSA) is 85.0 Å². The van der Waals surface area contributed by atoms with E-state index in [-0.39, 0.29) is 17.3 Å². The zero-order valence-electron chi connectivity index (χ0n) is 17.7. The summed E-state index contributed by atoms with van der Waals surface area (Å²) >= 11 is 0. The molecule has 0 unspecified atom stereocenters. The van der Waals surface area contributed by atoms with Crippen molar-refractivity contribution in [2.24, 2.45) is 4.99 Å². The standard InChI is InChI=1S/C25H21N3O4/c1-3-32-21-14-12-20(13-15-21)27-24(18-10-8-17(2)9-11-18)26-22(25(27)29)16-19-6-4-5-7-23(19)28(30)31/h4-16H,3H2,1-2H3/b22-16+. The monoisotopic (exact) mass is 427 g/mol. The number of para-hydroxylation sites is 1. The molecule has 0 radical (unpaired) electrons. The lowest BCUT2D eigenvalue weighted by molar-refractivity contribution is -0.385. The number of aliphatic imine (C=N–C) groups is 1.